The molecule has 0 fully saturated rings. The molecule has 24 heavy (non-hydrogen) atoms. The summed E-state index contributed by atoms with van der Waals surface area (Å²) in [5.41, 5.74) is 0.0513. The van der Waals surface area contributed by atoms with Crippen LogP contribution < -0.4 is 10.0 Å². The molecule has 0 saturated carbocycles. The third-order valence-corrected chi connectivity index (χ3v) is 5.15. The highest BCUT2D eigenvalue weighted by Crippen LogP contribution is 2.25. The van der Waals surface area contributed by atoms with Crippen LogP contribution in [-0.4, -0.2) is 30.6 Å². The molecular weight excluding hydrogens is 362 g/mol. The lowest BCUT2D eigenvalue weighted by molar-refractivity contribution is 0.102. The zero-order valence-corrected chi connectivity index (χ0v) is 14.3. The number of rotatable bonds is 6. The average molecular weight is 376 g/mol. The Labute approximate surface area is 141 Å². The van der Waals surface area contributed by atoms with Gasteiger partial charge in [-0.05, 0) is 32.0 Å². The molecule has 0 aliphatic heterocycles. The van der Waals surface area contributed by atoms with Gasteiger partial charge >= 0.3 is 0 Å². The van der Waals surface area contributed by atoms with E-state index in [4.69, 9.17) is 0 Å². The fourth-order valence-electron chi connectivity index (χ4n) is 1.73. The van der Waals surface area contributed by atoms with Gasteiger partial charge in [0, 0.05) is 11.6 Å². The SMILES string of the molecule is CC(C)NS(=O)(=O)c1cccc(C(=O)Nc2nnc(C(F)F)s2)c1. The molecule has 0 spiro atoms. The summed E-state index contributed by atoms with van der Waals surface area (Å²) in [5.74, 6) is -0.673. The summed E-state index contributed by atoms with van der Waals surface area (Å²) in [4.78, 5) is 12.0. The topological polar surface area (TPSA) is 101 Å². The smallest absolute Gasteiger partial charge is 0.291 e. The first-order valence-electron chi connectivity index (χ1n) is 6.74. The van der Waals surface area contributed by atoms with E-state index in [1.54, 1.807) is 13.8 Å². The number of anilines is 1. The number of alkyl halides is 2. The Bertz CT molecular complexity index is 837. The molecule has 2 rings (SSSR count). The van der Waals surface area contributed by atoms with Gasteiger partial charge in [-0.25, -0.2) is 21.9 Å². The fraction of sp³-hybridized carbons (Fsp3) is 0.308. The molecule has 2 aromatic rings. The van der Waals surface area contributed by atoms with Crippen LogP contribution in [-0.2, 0) is 10.0 Å². The molecule has 1 heterocycles. The van der Waals surface area contributed by atoms with Crippen LogP contribution in [0.2, 0.25) is 0 Å². The Hall–Kier alpha value is -1.98. The lowest BCUT2D eigenvalue weighted by Gasteiger charge is -2.10. The van der Waals surface area contributed by atoms with Crippen LogP contribution in [0.15, 0.2) is 29.2 Å². The van der Waals surface area contributed by atoms with Gasteiger partial charge in [-0.1, -0.05) is 17.4 Å². The van der Waals surface area contributed by atoms with Crippen molar-refractivity contribution in [1.29, 1.82) is 0 Å². The second kappa shape index (κ2) is 7.28. The molecule has 0 radical (unpaired) electrons. The molecule has 11 heteroatoms. The quantitative estimate of drug-likeness (QED) is 0.806. The monoisotopic (exact) mass is 376 g/mol. The maximum atomic E-state index is 12.5. The molecule has 0 saturated heterocycles. The zero-order valence-electron chi connectivity index (χ0n) is 12.7. The van der Waals surface area contributed by atoms with E-state index in [2.05, 4.69) is 20.2 Å². The number of hydrogen-bond acceptors (Lipinski definition) is 6. The molecule has 1 aromatic heterocycles. The minimum atomic E-state index is -3.75. The van der Waals surface area contributed by atoms with Gasteiger partial charge in [0.15, 0.2) is 5.01 Å². The Kier molecular flexibility index (Phi) is 5.57. The summed E-state index contributed by atoms with van der Waals surface area (Å²) in [6.07, 6.45) is -2.77. The van der Waals surface area contributed by atoms with E-state index in [0.717, 1.165) is 0 Å². The molecule has 1 aromatic carbocycles. The van der Waals surface area contributed by atoms with E-state index in [0.29, 0.717) is 11.3 Å². The van der Waals surface area contributed by atoms with Crippen LogP contribution in [0.1, 0.15) is 35.6 Å². The van der Waals surface area contributed by atoms with Gasteiger partial charge in [0.2, 0.25) is 15.2 Å². The van der Waals surface area contributed by atoms with Gasteiger partial charge in [0.05, 0.1) is 4.90 Å². The van der Waals surface area contributed by atoms with Crippen molar-refractivity contribution in [1.82, 2.24) is 14.9 Å². The highest BCUT2D eigenvalue weighted by molar-refractivity contribution is 7.89. The molecule has 2 N–H and O–H groups in total. The molecule has 7 nitrogen and oxygen atoms in total. The van der Waals surface area contributed by atoms with Crippen molar-refractivity contribution in [3.63, 3.8) is 0 Å². The fourth-order valence-corrected chi connectivity index (χ4v) is 3.62. The Morgan fingerprint density at radius 1 is 1.25 bits per heavy atom. The van der Waals surface area contributed by atoms with Crippen molar-refractivity contribution in [3.8, 4) is 0 Å². The van der Waals surface area contributed by atoms with Crippen molar-refractivity contribution in [2.45, 2.75) is 31.2 Å². The summed E-state index contributed by atoms with van der Waals surface area (Å²) in [6, 6.07) is 5.05. The number of halogens is 2. The third-order valence-electron chi connectivity index (χ3n) is 2.65. The summed E-state index contributed by atoms with van der Waals surface area (Å²) in [5, 5.41) is 8.39. The van der Waals surface area contributed by atoms with Gasteiger partial charge in [-0.3, -0.25) is 10.1 Å². The molecule has 0 unspecified atom stereocenters. The number of carbonyl (C=O) groups is 1. The average Bonchev–Trinajstić information content (AvgIpc) is 2.95. The van der Waals surface area contributed by atoms with E-state index in [-0.39, 0.29) is 21.6 Å². The minimum absolute atomic E-state index is 0.0513. The number of amides is 1. The Balaban J connectivity index is 2.19. The zero-order chi connectivity index (χ0) is 17.9. The maximum Gasteiger partial charge on any atom is 0.291 e. The Morgan fingerprint density at radius 3 is 2.54 bits per heavy atom. The molecule has 0 aliphatic carbocycles. The van der Waals surface area contributed by atoms with E-state index in [1.807, 2.05) is 0 Å². The summed E-state index contributed by atoms with van der Waals surface area (Å²) in [6.45, 7) is 3.34. The van der Waals surface area contributed by atoms with Crippen molar-refractivity contribution in [2.75, 3.05) is 5.32 Å². The molecular formula is C13H14F2N4O3S2. The number of nitrogens with one attached hydrogen (secondary N) is 2. The first kappa shape index (κ1) is 18.4. The number of carbonyl (C=O) groups excluding carboxylic acids is 1. The molecule has 1 amide bonds. The summed E-state index contributed by atoms with van der Waals surface area (Å²) >= 11 is 0.547. The molecule has 0 aliphatic rings. The van der Waals surface area contributed by atoms with Crippen molar-refractivity contribution < 1.29 is 22.0 Å². The summed E-state index contributed by atoms with van der Waals surface area (Å²) in [7, 11) is -3.75. The number of nitrogens with zero attached hydrogens (tertiary/aromatic N) is 2. The first-order chi connectivity index (χ1) is 11.2. The standard InChI is InChI=1S/C13H14F2N4O3S2/c1-7(2)19-24(21,22)9-5-3-4-8(6-9)11(20)16-13-18-17-12(23-13)10(14)15/h3-7,10,19H,1-2H3,(H,16,18,20). The number of sulfonamides is 1. The van der Waals surface area contributed by atoms with E-state index >= 15 is 0 Å². The second-order valence-electron chi connectivity index (χ2n) is 5.00. The van der Waals surface area contributed by atoms with Gasteiger partial charge in [-0.15, -0.1) is 10.2 Å². The van der Waals surface area contributed by atoms with Gasteiger partial charge in [0.1, 0.15) is 0 Å². The van der Waals surface area contributed by atoms with Crippen LogP contribution in [0.25, 0.3) is 0 Å². The first-order valence-corrected chi connectivity index (χ1v) is 9.04. The van der Waals surface area contributed by atoms with Crippen LogP contribution in [0.3, 0.4) is 0 Å². The van der Waals surface area contributed by atoms with Crippen LogP contribution in [0.5, 0.6) is 0 Å². The largest absolute Gasteiger partial charge is 0.296 e. The van der Waals surface area contributed by atoms with Gasteiger partial charge < -0.3 is 0 Å². The van der Waals surface area contributed by atoms with Gasteiger partial charge in [-0.2, -0.15) is 0 Å². The summed E-state index contributed by atoms with van der Waals surface area (Å²) < 4.78 is 51.5. The molecule has 0 bridgehead atoms. The van der Waals surface area contributed by atoms with Crippen LogP contribution in [0, 0.1) is 0 Å². The second-order valence-corrected chi connectivity index (χ2v) is 7.73. The Morgan fingerprint density at radius 2 is 1.96 bits per heavy atom. The molecule has 130 valence electrons. The number of hydrogen-bond donors (Lipinski definition) is 2. The van der Waals surface area contributed by atoms with E-state index < -0.39 is 27.4 Å². The highest BCUT2D eigenvalue weighted by atomic mass is 32.2. The predicted octanol–water partition coefficient (Wildman–Crippen LogP) is 2.41. The third kappa shape index (κ3) is 4.52. The van der Waals surface area contributed by atoms with Crippen molar-refractivity contribution in [2.24, 2.45) is 0 Å². The van der Waals surface area contributed by atoms with Crippen molar-refractivity contribution >= 4 is 32.4 Å². The van der Waals surface area contributed by atoms with Crippen molar-refractivity contribution in [3.05, 3.63) is 34.8 Å². The lowest BCUT2D eigenvalue weighted by atomic mass is 10.2. The van der Waals surface area contributed by atoms with Crippen LogP contribution >= 0.6 is 11.3 Å². The molecule has 0 atom stereocenters. The number of benzene rings is 1. The van der Waals surface area contributed by atoms with Gasteiger partial charge in [0.25, 0.3) is 12.3 Å². The number of aromatic nitrogens is 2. The normalized spacial score (nSPS) is 11.9. The predicted molar refractivity (Wildman–Crippen MR) is 84.7 cm³/mol. The highest BCUT2D eigenvalue weighted by Gasteiger charge is 2.19. The minimum Gasteiger partial charge on any atom is -0.296 e. The van der Waals surface area contributed by atoms with E-state index in [9.17, 15) is 22.0 Å². The lowest BCUT2D eigenvalue weighted by Crippen LogP contribution is -2.30. The van der Waals surface area contributed by atoms with E-state index in [1.165, 1.54) is 24.3 Å². The van der Waals surface area contributed by atoms with Crippen LogP contribution in [0.4, 0.5) is 13.9 Å². The maximum absolute atomic E-state index is 12.5.